The highest BCUT2D eigenvalue weighted by Crippen LogP contribution is 2.12. The molecule has 5 nitrogen and oxygen atoms in total. The molecule has 0 radical (unpaired) electrons. The van der Waals surface area contributed by atoms with E-state index in [4.69, 9.17) is 17.0 Å². The van der Waals surface area contributed by atoms with Crippen molar-refractivity contribution in [2.24, 2.45) is 0 Å². The summed E-state index contributed by atoms with van der Waals surface area (Å²) in [5.41, 5.74) is 0.975. The normalized spacial score (nSPS) is 12.5. The first-order valence-corrected chi connectivity index (χ1v) is 7.60. The van der Waals surface area contributed by atoms with E-state index in [1.165, 1.54) is 0 Å². The molecule has 0 fully saturated rings. The Labute approximate surface area is 129 Å². The second kappa shape index (κ2) is 8.07. The predicted octanol–water partition coefficient (Wildman–Crippen LogP) is 2.65. The van der Waals surface area contributed by atoms with Crippen LogP contribution < -0.4 is 0 Å². The maximum atomic E-state index is 9.91. The Hall–Kier alpha value is -1.50. The Kier molecular flexibility index (Phi) is 6.10. The fourth-order valence-corrected chi connectivity index (χ4v) is 2.34. The predicted molar refractivity (Wildman–Crippen MR) is 84.2 cm³/mol. The number of ether oxygens (including phenoxy) is 1. The third kappa shape index (κ3) is 4.49. The van der Waals surface area contributed by atoms with Gasteiger partial charge in [0.25, 0.3) is 0 Å². The van der Waals surface area contributed by atoms with Crippen molar-refractivity contribution in [1.29, 1.82) is 0 Å². The first-order valence-electron chi connectivity index (χ1n) is 7.20. The third-order valence-electron chi connectivity index (χ3n) is 3.12. The van der Waals surface area contributed by atoms with E-state index in [0.717, 1.165) is 17.9 Å². The molecule has 6 heteroatoms. The minimum Gasteiger partial charge on any atom is -0.391 e. The SMILES string of the molecule is CCCOC[C@H](O)CCc1n[nH]c(=S)n1-c1ccccc1. The molecule has 114 valence electrons. The molecular formula is C15H21N3O2S. The molecule has 2 rings (SSSR count). The number of hydrogen-bond donors (Lipinski definition) is 2. The number of aliphatic hydroxyl groups excluding tert-OH is 1. The molecule has 1 heterocycles. The molecule has 0 saturated carbocycles. The zero-order valence-electron chi connectivity index (χ0n) is 12.2. The van der Waals surface area contributed by atoms with Crippen molar-refractivity contribution >= 4 is 12.2 Å². The van der Waals surface area contributed by atoms with Crippen molar-refractivity contribution in [3.8, 4) is 5.69 Å². The summed E-state index contributed by atoms with van der Waals surface area (Å²) in [5, 5.41) is 17.0. The van der Waals surface area contributed by atoms with Gasteiger partial charge in [0.05, 0.1) is 12.7 Å². The zero-order chi connectivity index (χ0) is 15.1. The number of nitrogens with one attached hydrogen (secondary N) is 1. The lowest BCUT2D eigenvalue weighted by Gasteiger charge is -2.11. The second-order valence-corrected chi connectivity index (χ2v) is 5.27. The van der Waals surface area contributed by atoms with E-state index in [-0.39, 0.29) is 0 Å². The first-order chi connectivity index (χ1) is 10.2. The number of benzene rings is 1. The maximum absolute atomic E-state index is 9.91. The van der Waals surface area contributed by atoms with Gasteiger partial charge >= 0.3 is 0 Å². The maximum Gasteiger partial charge on any atom is 0.199 e. The molecule has 2 N–H and O–H groups in total. The lowest BCUT2D eigenvalue weighted by molar-refractivity contribution is 0.0327. The van der Waals surface area contributed by atoms with Gasteiger partial charge in [-0.25, -0.2) is 0 Å². The van der Waals surface area contributed by atoms with Crippen LogP contribution in [0.15, 0.2) is 30.3 Å². The molecule has 0 bridgehead atoms. The molecule has 0 aliphatic carbocycles. The van der Waals surface area contributed by atoms with Gasteiger partial charge in [-0.1, -0.05) is 25.1 Å². The lowest BCUT2D eigenvalue weighted by Crippen LogP contribution is -2.17. The fourth-order valence-electron chi connectivity index (χ4n) is 2.08. The number of aryl methyl sites for hydroxylation is 1. The highest BCUT2D eigenvalue weighted by Gasteiger charge is 2.11. The minimum atomic E-state index is -0.481. The summed E-state index contributed by atoms with van der Waals surface area (Å²) in [6, 6.07) is 9.84. The molecule has 0 aliphatic rings. The van der Waals surface area contributed by atoms with Crippen LogP contribution in [0.2, 0.25) is 0 Å². The molecule has 0 spiro atoms. The van der Waals surface area contributed by atoms with Crippen LogP contribution in [-0.2, 0) is 11.2 Å². The summed E-state index contributed by atoms with van der Waals surface area (Å²) in [7, 11) is 0. The number of H-pyrrole nitrogens is 1. The summed E-state index contributed by atoms with van der Waals surface area (Å²) in [6.45, 7) is 3.09. The van der Waals surface area contributed by atoms with Crippen LogP contribution in [0.3, 0.4) is 0 Å². The lowest BCUT2D eigenvalue weighted by atomic mass is 10.2. The Bertz CT molecular complexity index is 594. The average molecular weight is 307 g/mol. The van der Waals surface area contributed by atoms with E-state index >= 15 is 0 Å². The molecule has 1 aromatic heterocycles. The molecule has 0 aliphatic heterocycles. The number of aromatic nitrogens is 3. The van der Waals surface area contributed by atoms with Crippen molar-refractivity contribution in [2.45, 2.75) is 32.3 Å². The number of hydrogen-bond acceptors (Lipinski definition) is 4. The van der Waals surface area contributed by atoms with Crippen LogP contribution in [0.5, 0.6) is 0 Å². The number of rotatable bonds is 8. The van der Waals surface area contributed by atoms with Crippen molar-refractivity contribution in [2.75, 3.05) is 13.2 Å². The van der Waals surface area contributed by atoms with E-state index in [1.807, 2.05) is 41.8 Å². The number of nitrogens with zero attached hydrogens (tertiary/aromatic N) is 2. The van der Waals surface area contributed by atoms with Crippen LogP contribution in [0.4, 0.5) is 0 Å². The van der Waals surface area contributed by atoms with Gasteiger partial charge in [-0.3, -0.25) is 9.67 Å². The van der Waals surface area contributed by atoms with Crippen LogP contribution in [0.25, 0.3) is 5.69 Å². The largest absolute Gasteiger partial charge is 0.391 e. The van der Waals surface area contributed by atoms with Gasteiger partial charge in [0.2, 0.25) is 0 Å². The Balaban J connectivity index is 2.00. The summed E-state index contributed by atoms with van der Waals surface area (Å²) in [4.78, 5) is 0. The molecule has 0 unspecified atom stereocenters. The Morgan fingerprint density at radius 1 is 1.38 bits per heavy atom. The number of para-hydroxylation sites is 1. The molecule has 0 saturated heterocycles. The van der Waals surface area contributed by atoms with Gasteiger partial charge in [-0.05, 0) is 37.2 Å². The van der Waals surface area contributed by atoms with Crippen molar-refractivity contribution in [3.05, 3.63) is 40.9 Å². The van der Waals surface area contributed by atoms with Gasteiger partial charge in [-0.15, -0.1) is 0 Å². The minimum absolute atomic E-state index is 0.365. The summed E-state index contributed by atoms with van der Waals surface area (Å²) in [5.74, 6) is 0.820. The van der Waals surface area contributed by atoms with Gasteiger partial charge in [0.15, 0.2) is 4.77 Å². The van der Waals surface area contributed by atoms with Crippen LogP contribution in [-0.4, -0.2) is 39.2 Å². The quantitative estimate of drug-likeness (QED) is 0.581. The Morgan fingerprint density at radius 3 is 2.86 bits per heavy atom. The average Bonchev–Trinajstić information content (AvgIpc) is 2.87. The molecule has 0 amide bonds. The molecule has 1 atom stereocenters. The summed E-state index contributed by atoms with van der Waals surface area (Å²) >= 11 is 5.28. The van der Waals surface area contributed by atoms with E-state index in [0.29, 0.717) is 30.8 Å². The molecule has 21 heavy (non-hydrogen) atoms. The van der Waals surface area contributed by atoms with Gasteiger partial charge in [-0.2, -0.15) is 5.10 Å². The highest BCUT2D eigenvalue weighted by atomic mass is 32.1. The van der Waals surface area contributed by atoms with E-state index < -0.39 is 6.10 Å². The fraction of sp³-hybridized carbons (Fsp3) is 0.467. The van der Waals surface area contributed by atoms with Crippen molar-refractivity contribution < 1.29 is 9.84 Å². The number of aromatic amines is 1. The van der Waals surface area contributed by atoms with Crippen LogP contribution >= 0.6 is 12.2 Å². The van der Waals surface area contributed by atoms with Gasteiger partial charge < -0.3 is 9.84 Å². The smallest absolute Gasteiger partial charge is 0.199 e. The highest BCUT2D eigenvalue weighted by molar-refractivity contribution is 7.71. The van der Waals surface area contributed by atoms with E-state index in [2.05, 4.69) is 10.2 Å². The molecule has 1 aromatic carbocycles. The van der Waals surface area contributed by atoms with E-state index in [1.54, 1.807) is 0 Å². The first kappa shape index (κ1) is 15.9. The monoisotopic (exact) mass is 307 g/mol. The summed E-state index contributed by atoms with van der Waals surface area (Å²) in [6.07, 6.45) is 1.71. The van der Waals surface area contributed by atoms with E-state index in [9.17, 15) is 5.11 Å². The second-order valence-electron chi connectivity index (χ2n) is 4.88. The summed E-state index contributed by atoms with van der Waals surface area (Å²) < 4.78 is 7.81. The Morgan fingerprint density at radius 2 is 2.14 bits per heavy atom. The molecular weight excluding hydrogens is 286 g/mol. The zero-order valence-corrected chi connectivity index (χ0v) is 13.0. The van der Waals surface area contributed by atoms with Crippen molar-refractivity contribution in [3.63, 3.8) is 0 Å². The van der Waals surface area contributed by atoms with Crippen LogP contribution in [0.1, 0.15) is 25.6 Å². The standard InChI is InChI=1S/C15H21N3O2S/c1-2-10-20-11-13(19)8-9-14-16-17-15(21)18(14)12-6-4-3-5-7-12/h3-7,13,19H,2,8-11H2,1H3,(H,17,21)/t13-/m1/s1. The third-order valence-corrected chi connectivity index (χ3v) is 3.39. The van der Waals surface area contributed by atoms with Gasteiger partial charge in [0, 0.05) is 18.7 Å². The van der Waals surface area contributed by atoms with Crippen molar-refractivity contribution in [1.82, 2.24) is 14.8 Å². The molecule has 2 aromatic rings. The van der Waals surface area contributed by atoms with Crippen LogP contribution in [0, 0.1) is 4.77 Å². The van der Waals surface area contributed by atoms with Gasteiger partial charge in [0.1, 0.15) is 5.82 Å². The number of aliphatic hydroxyl groups is 1. The topological polar surface area (TPSA) is 63.1 Å².